The lowest BCUT2D eigenvalue weighted by Crippen LogP contribution is -2.13. The second-order valence-corrected chi connectivity index (χ2v) is 8.55. The van der Waals surface area contributed by atoms with Crippen molar-refractivity contribution in [2.45, 2.75) is 33.3 Å². The molecule has 0 bridgehead atoms. The van der Waals surface area contributed by atoms with Crippen molar-refractivity contribution in [2.75, 3.05) is 5.32 Å². The molecule has 31 heavy (non-hydrogen) atoms. The summed E-state index contributed by atoms with van der Waals surface area (Å²) >= 11 is 1.58. The van der Waals surface area contributed by atoms with E-state index in [2.05, 4.69) is 15.4 Å². The summed E-state index contributed by atoms with van der Waals surface area (Å²) < 4.78 is 7.49. The number of carbonyl (C=O) groups is 1. The third kappa shape index (κ3) is 5.19. The highest BCUT2D eigenvalue weighted by Gasteiger charge is 2.16. The van der Waals surface area contributed by atoms with E-state index in [4.69, 9.17) is 4.74 Å². The number of ether oxygens (including phenoxy) is 1. The van der Waals surface area contributed by atoms with Crippen LogP contribution in [0, 0.1) is 6.92 Å². The van der Waals surface area contributed by atoms with Gasteiger partial charge in [-0.3, -0.25) is 4.79 Å². The molecule has 4 rings (SSSR count). The molecular formula is C24H24N4O2S. The summed E-state index contributed by atoms with van der Waals surface area (Å²) in [6.45, 7) is 5.94. The van der Waals surface area contributed by atoms with Crippen molar-refractivity contribution < 1.29 is 9.53 Å². The van der Waals surface area contributed by atoms with Crippen LogP contribution < -0.4 is 10.1 Å². The Kier molecular flexibility index (Phi) is 6.13. The molecule has 2 aromatic heterocycles. The molecule has 0 aliphatic carbocycles. The number of amides is 1. The lowest BCUT2D eigenvalue weighted by molar-refractivity contribution is -0.115. The second kappa shape index (κ2) is 9.14. The molecule has 2 heterocycles. The van der Waals surface area contributed by atoms with Gasteiger partial charge in [0, 0.05) is 16.1 Å². The first-order chi connectivity index (χ1) is 15.0. The van der Waals surface area contributed by atoms with Gasteiger partial charge >= 0.3 is 6.01 Å². The van der Waals surface area contributed by atoms with E-state index in [1.54, 1.807) is 16.0 Å². The first kappa shape index (κ1) is 20.8. The number of rotatable bonds is 7. The van der Waals surface area contributed by atoms with Crippen molar-refractivity contribution in [3.63, 3.8) is 0 Å². The van der Waals surface area contributed by atoms with E-state index < -0.39 is 0 Å². The fourth-order valence-electron chi connectivity index (χ4n) is 3.09. The summed E-state index contributed by atoms with van der Waals surface area (Å²) in [5.74, 6) is 0.661. The number of thiophene rings is 1. The highest BCUT2D eigenvalue weighted by Crippen LogP contribution is 2.25. The van der Waals surface area contributed by atoms with Gasteiger partial charge in [-0.2, -0.15) is 4.98 Å². The standard InChI is InChI=1S/C24H24N4O2S/c1-16(2)30-24-26-23(18-8-6-17(3)7-9-18)28(27-24)20-12-10-19(11-13-20)25-22(29)15-21-5-4-14-31-21/h4-14,16H,15H2,1-3H3,(H,25,29). The van der Waals surface area contributed by atoms with E-state index in [0.29, 0.717) is 18.3 Å². The van der Waals surface area contributed by atoms with Crippen LogP contribution in [0.3, 0.4) is 0 Å². The first-order valence-electron chi connectivity index (χ1n) is 10.1. The highest BCUT2D eigenvalue weighted by atomic mass is 32.1. The summed E-state index contributed by atoms with van der Waals surface area (Å²) in [6, 6.07) is 19.9. The maximum atomic E-state index is 12.3. The molecule has 7 heteroatoms. The van der Waals surface area contributed by atoms with Crippen molar-refractivity contribution in [3.8, 4) is 23.1 Å². The number of hydrogen-bond donors (Lipinski definition) is 1. The normalized spacial score (nSPS) is 11.0. The first-order valence-corrected chi connectivity index (χ1v) is 11.0. The average molecular weight is 433 g/mol. The molecule has 0 aliphatic rings. The van der Waals surface area contributed by atoms with Crippen molar-refractivity contribution in [1.82, 2.24) is 14.8 Å². The quantitative estimate of drug-likeness (QED) is 0.432. The fourth-order valence-corrected chi connectivity index (χ4v) is 3.79. The van der Waals surface area contributed by atoms with Gasteiger partial charge in [0.1, 0.15) is 0 Å². The van der Waals surface area contributed by atoms with E-state index >= 15 is 0 Å². The largest absolute Gasteiger partial charge is 0.460 e. The van der Waals surface area contributed by atoms with Gasteiger partial charge < -0.3 is 10.1 Å². The predicted octanol–water partition coefficient (Wildman–Crippen LogP) is 5.27. The summed E-state index contributed by atoms with van der Waals surface area (Å²) in [7, 11) is 0. The van der Waals surface area contributed by atoms with Crippen molar-refractivity contribution >= 4 is 22.9 Å². The van der Waals surface area contributed by atoms with E-state index in [1.807, 2.05) is 86.8 Å². The average Bonchev–Trinajstić information content (AvgIpc) is 3.39. The highest BCUT2D eigenvalue weighted by molar-refractivity contribution is 7.10. The SMILES string of the molecule is Cc1ccc(-c2nc(OC(C)C)nn2-c2ccc(NC(=O)Cc3cccs3)cc2)cc1. The van der Waals surface area contributed by atoms with Gasteiger partial charge in [0.05, 0.1) is 18.2 Å². The number of carbonyl (C=O) groups excluding carboxylic acids is 1. The molecule has 2 aromatic carbocycles. The van der Waals surface area contributed by atoms with Crippen LogP contribution in [0.4, 0.5) is 5.69 Å². The van der Waals surface area contributed by atoms with Gasteiger partial charge in [-0.05, 0) is 56.5 Å². The van der Waals surface area contributed by atoms with Crippen LogP contribution >= 0.6 is 11.3 Å². The Morgan fingerprint density at radius 1 is 1.10 bits per heavy atom. The summed E-state index contributed by atoms with van der Waals surface area (Å²) in [5.41, 5.74) is 3.69. The number of aromatic nitrogens is 3. The number of hydrogen-bond acceptors (Lipinski definition) is 5. The third-order valence-electron chi connectivity index (χ3n) is 4.55. The van der Waals surface area contributed by atoms with Crippen molar-refractivity contribution in [1.29, 1.82) is 0 Å². The fraction of sp³-hybridized carbons (Fsp3) is 0.208. The maximum Gasteiger partial charge on any atom is 0.336 e. The van der Waals surface area contributed by atoms with E-state index in [-0.39, 0.29) is 12.0 Å². The Morgan fingerprint density at radius 2 is 1.84 bits per heavy atom. The number of aryl methyl sites for hydroxylation is 1. The number of nitrogens with one attached hydrogen (secondary N) is 1. The maximum absolute atomic E-state index is 12.3. The Hall–Kier alpha value is -3.45. The summed E-state index contributed by atoms with van der Waals surface area (Å²) in [4.78, 5) is 17.9. The molecule has 1 amide bonds. The van der Waals surface area contributed by atoms with E-state index in [1.165, 1.54) is 5.56 Å². The van der Waals surface area contributed by atoms with Crippen LogP contribution in [0.2, 0.25) is 0 Å². The molecule has 0 aliphatic heterocycles. The Balaban J connectivity index is 1.58. The monoisotopic (exact) mass is 432 g/mol. The molecule has 0 saturated carbocycles. The van der Waals surface area contributed by atoms with Gasteiger partial charge in [-0.25, -0.2) is 4.68 Å². The van der Waals surface area contributed by atoms with Gasteiger partial charge in [0.15, 0.2) is 5.82 Å². The van der Waals surface area contributed by atoms with Gasteiger partial charge in [0.2, 0.25) is 5.91 Å². The minimum atomic E-state index is -0.0380. The smallest absolute Gasteiger partial charge is 0.336 e. The molecule has 158 valence electrons. The number of nitrogens with zero attached hydrogens (tertiary/aromatic N) is 3. The van der Waals surface area contributed by atoms with Gasteiger partial charge in [-0.1, -0.05) is 35.9 Å². The zero-order valence-corrected chi connectivity index (χ0v) is 18.5. The zero-order valence-electron chi connectivity index (χ0n) is 17.7. The van der Waals surface area contributed by atoms with Gasteiger partial charge in [-0.15, -0.1) is 16.4 Å². The van der Waals surface area contributed by atoms with Crippen LogP contribution in [0.15, 0.2) is 66.0 Å². The Morgan fingerprint density at radius 3 is 2.48 bits per heavy atom. The lowest BCUT2D eigenvalue weighted by Gasteiger charge is -2.08. The van der Waals surface area contributed by atoms with Crippen LogP contribution in [-0.4, -0.2) is 26.8 Å². The minimum absolute atomic E-state index is 0.0253. The second-order valence-electron chi connectivity index (χ2n) is 7.51. The predicted molar refractivity (Wildman–Crippen MR) is 124 cm³/mol. The molecule has 0 unspecified atom stereocenters. The minimum Gasteiger partial charge on any atom is -0.460 e. The zero-order chi connectivity index (χ0) is 21.8. The van der Waals surface area contributed by atoms with Crippen LogP contribution in [-0.2, 0) is 11.2 Å². The van der Waals surface area contributed by atoms with E-state index in [0.717, 1.165) is 21.8 Å². The molecule has 0 fully saturated rings. The van der Waals surface area contributed by atoms with E-state index in [9.17, 15) is 4.79 Å². The Labute approximate surface area is 185 Å². The molecular weight excluding hydrogens is 408 g/mol. The molecule has 0 saturated heterocycles. The Bertz CT molecular complexity index is 1150. The molecule has 1 N–H and O–H groups in total. The summed E-state index contributed by atoms with van der Waals surface area (Å²) in [5, 5.41) is 9.47. The molecule has 0 spiro atoms. The molecule has 6 nitrogen and oxygen atoms in total. The molecule has 4 aromatic rings. The lowest BCUT2D eigenvalue weighted by atomic mass is 10.1. The van der Waals surface area contributed by atoms with Crippen molar-refractivity contribution in [2.24, 2.45) is 0 Å². The van der Waals surface area contributed by atoms with Crippen LogP contribution in [0.5, 0.6) is 6.01 Å². The van der Waals surface area contributed by atoms with Crippen LogP contribution in [0.25, 0.3) is 17.1 Å². The summed E-state index contributed by atoms with van der Waals surface area (Å²) in [6.07, 6.45) is 0.346. The third-order valence-corrected chi connectivity index (χ3v) is 5.43. The van der Waals surface area contributed by atoms with Crippen LogP contribution in [0.1, 0.15) is 24.3 Å². The topological polar surface area (TPSA) is 69.0 Å². The van der Waals surface area contributed by atoms with Crippen molar-refractivity contribution in [3.05, 3.63) is 76.5 Å². The number of anilines is 1. The van der Waals surface area contributed by atoms with Gasteiger partial charge in [0.25, 0.3) is 0 Å². The number of benzene rings is 2. The molecule has 0 atom stereocenters. The molecule has 0 radical (unpaired) electrons.